The fourth-order valence-electron chi connectivity index (χ4n) is 1.78. The molecular weight excluding hydrogens is 250 g/mol. The number of ether oxygens (including phenoxy) is 1. The number of halogens is 4. The molecule has 0 heterocycles. The van der Waals surface area contributed by atoms with Gasteiger partial charge in [0, 0.05) is 5.56 Å². The Balaban J connectivity index is 2.70. The topological polar surface area (TPSA) is 35.2 Å². The maximum atomic E-state index is 13.7. The standard InChI is InChI=1S/C12H15F4NO/c1-7-3-8(2)11(9(13)4-7)10(17)5-18-6-12(14,15)16/h3-4,10H,5-6,17H2,1-2H3. The van der Waals surface area contributed by atoms with Crippen LogP contribution >= 0.6 is 0 Å². The summed E-state index contributed by atoms with van der Waals surface area (Å²) in [5.41, 5.74) is 7.18. The average Bonchev–Trinajstić information content (AvgIpc) is 2.13. The maximum Gasteiger partial charge on any atom is 0.411 e. The highest BCUT2D eigenvalue weighted by Crippen LogP contribution is 2.22. The van der Waals surface area contributed by atoms with Gasteiger partial charge in [-0.2, -0.15) is 13.2 Å². The van der Waals surface area contributed by atoms with Crippen molar-refractivity contribution >= 4 is 0 Å². The first kappa shape index (κ1) is 14.9. The maximum absolute atomic E-state index is 13.7. The van der Waals surface area contributed by atoms with E-state index in [-0.39, 0.29) is 12.2 Å². The molecule has 1 rings (SSSR count). The van der Waals surface area contributed by atoms with E-state index in [0.717, 1.165) is 5.56 Å². The lowest BCUT2D eigenvalue weighted by Crippen LogP contribution is -2.24. The van der Waals surface area contributed by atoms with E-state index in [1.807, 2.05) is 0 Å². The van der Waals surface area contributed by atoms with Crippen molar-refractivity contribution < 1.29 is 22.3 Å². The van der Waals surface area contributed by atoms with Crippen LogP contribution in [0.25, 0.3) is 0 Å². The van der Waals surface area contributed by atoms with Gasteiger partial charge in [0.05, 0.1) is 12.6 Å². The number of benzene rings is 1. The summed E-state index contributed by atoms with van der Waals surface area (Å²) < 4.78 is 53.7. The van der Waals surface area contributed by atoms with Crippen molar-refractivity contribution in [1.29, 1.82) is 0 Å². The van der Waals surface area contributed by atoms with Gasteiger partial charge in [-0.05, 0) is 31.0 Å². The minimum Gasteiger partial charge on any atom is -0.370 e. The Morgan fingerprint density at radius 3 is 2.39 bits per heavy atom. The molecule has 1 aromatic carbocycles. The molecule has 0 amide bonds. The highest BCUT2D eigenvalue weighted by atomic mass is 19.4. The average molecular weight is 265 g/mol. The Labute approximate surface area is 103 Å². The molecule has 0 aliphatic rings. The number of rotatable bonds is 4. The van der Waals surface area contributed by atoms with Gasteiger partial charge in [0.1, 0.15) is 12.4 Å². The van der Waals surface area contributed by atoms with E-state index in [1.165, 1.54) is 6.07 Å². The lowest BCUT2D eigenvalue weighted by molar-refractivity contribution is -0.174. The third-order valence-corrected chi connectivity index (χ3v) is 2.41. The summed E-state index contributed by atoms with van der Waals surface area (Å²) >= 11 is 0. The van der Waals surface area contributed by atoms with Crippen LogP contribution in [-0.2, 0) is 4.74 Å². The second-order valence-electron chi connectivity index (χ2n) is 4.21. The Bertz CT molecular complexity index is 394. The van der Waals surface area contributed by atoms with Crippen molar-refractivity contribution in [3.8, 4) is 0 Å². The van der Waals surface area contributed by atoms with Crippen molar-refractivity contribution in [3.63, 3.8) is 0 Å². The Hall–Kier alpha value is -1.14. The van der Waals surface area contributed by atoms with Crippen LogP contribution in [0.15, 0.2) is 12.1 Å². The number of hydrogen-bond acceptors (Lipinski definition) is 2. The van der Waals surface area contributed by atoms with E-state index in [0.29, 0.717) is 5.56 Å². The second-order valence-corrected chi connectivity index (χ2v) is 4.21. The number of nitrogens with two attached hydrogens (primary N) is 1. The molecular formula is C12H15F4NO. The molecule has 0 radical (unpaired) electrons. The van der Waals surface area contributed by atoms with Crippen molar-refractivity contribution in [1.82, 2.24) is 0 Å². The molecule has 0 aromatic heterocycles. The zero-order chi connectivity index (χ0) is 13.9. The molecule has 0 aliphatic carbocycles. The second kappa shape index (κ2) is 5.67. The van der Waals surface area contributed by atoms with Gasteiger partial charge >= 0.3 is 6.18 Å². The fourth-order valence-corrected chi connectivity index (χ4v) is 1.78. The molecule has 2 N–H and O–H groups in total. The van der Waals surface area contributed by atoms with E-state index < -0.39 is 24.6 Å². The highest BCUT2D eigenvalue weighted by molar-refractivity contribution is 5.34. The first-order valence-corrected chi connectivity index (χ1v) is 5.37. The van der Waals surface area contributed by atoms with Gasteiger partial charge < -0.3 is 10.5 Å². The Morgan fingerprint density at radius 2 is 1.89 bits per heavy atom. The summed E-state index contributed by atoms with van der Waals surface area (Å²) in [6, 6.07) is 2.11. The van der Waals surface area contributed by atoms with E-state index in [9.17, 15) is 17.6 Å². The van der Waals surface area contributed by atoms with Gasteiger partial charge in [-0.3, -0.25) is 0 Å². The quantitative estimate of drug-likeness (QED) is 0.849. The first-order valence-electron chi connectivity index (χ1n) is 5.37. The summed E-state index contributed by atoms with van der Waals surface area (Å²) in [4.78, 5) is 0. The van der Waals surface area contributed by atoms with Crippen molar-refractivity contribution in [2.24, 2.45) is 5.73 Å². The fraction of sp³-hybridized carbons (Fsp3) is 0.500. The Kier molecular flexibility index (Phi) is 4.70. The predicted molar refractivity (Wildman–Crippen MR) is 59.7 cm³/mol. The summed E-state index contributed by atoms with van der Waals surface area (Å²) in [6.45, 7) is 1.63. The van der Waals surface area contributed by atoms with Gasteiger partial charge in [0.25, 0.3) is 0 Å². The summed E-state index contributed by atoms with van der Waals surface area (Å²) in [5.74, 6) is -0.518. The van der Waals surface area contributed by atoms with Crippen LogP contribution < -0.4 is 5.73 Å². The van der Waals surface area contributed by atoms with E-state index >= 15 is 0 Å². The monoisotopic (exact) mass is 265 g/mol. The molecule has 102 valence electrons. The SMILES string of the molecule is Cc1cc(C)c(C(N)COCC(F)(F)F)c(F)c1. The van der Waals surface area contributed by atoms with Crippen LogP contribution in [0.2, 0.25) is 0 Å². The molecule has 1 unspecified atom stereocenters. The van der Waals surface area contributed by atoms with Gasteiger partial charge in [-0.15, -0.1) is 0 Å². The molecule has 1 aromatic rings. The minimum atomic E-state index is -4.40. The molecule has 2 nitrogen and oxygen atoms in total. The van der Waals surface area contributed by atoms with Crippen LogP contribution in [-0.4, -0.2) is 19.4 Å². The van der Waals surface area contributed by atoms with Gasteiger partial charge in [-0.25, -0.2) is 4.39 Å². The number of hydrogen-bond donors (Lipinski definition) is 1. The zero-order valence-electron chi connectivity index (χ0n) is 10.1. The van der Waals surface area contributed by atoms with E-state index in [4.69, 9.17) is 5.73 Å². The van der Waals surface area contributed by atoms with Crippen LogP contribution in [0.4, 0.5) is 17.6 Å². The molecule has 0 saturated carbocycles. The molecule has 0 fully saturated rings. The van der Waals surface area contributed by atoms with Crippen LogP contribution in [0.3, 0.4) is 0 Å². The van der Waals surface area contributed by atoms with Gasteiger partial charge in [0.15, 0.2) is 0 Å². The number of aryl methyl sites for hydroxylation is 2. The lowest BCUT2D eigenvalue weighted by atomic mass is 9.99. The smallest absolute Gasteiger partial charge is 0.370 e. The largest absolute Gasteiger partial charge is 0.411 e. The minimum absolute atomic E-state index is 0.197. The first-order chi connectivity index (χ1) is 8.20. The molecule has 0 spiro atoms. The van der Waals surface area contributed by atoms with Crippen LogP contribution in [0, 0.1) is 19.7 Å². The third-order valence-electron chi connectivity index (χ3n) is 2.41. The summed E-state index contributed by atoms with van der Waals surface area (Å²) in [5, 5.41) is 0. The summed E-state index contributed by atoms with van der Waals surface area (Å²) in [6.07, 6.45) is -4.40. The van der Waals surface area contributed by atoms with Crippen molar-refractivity contribution in [2.75, 3.05) is 13.2 Å². The molecule has 0 saturated heterocycles. The molecule has 18 heavy (non-hydrogen) atoms. The normalized spacial score (nSPS) is 13.7. The van der Waals surface area contributed by atoms with E-state index in [2.05, 4.69) is 4.74 Å². The van der Waals surface area contributed by atoms with E-state index in [1.54, 1.807) is 19.9 Å². The van der Waals surface area contributed by atoms with Crippen molar-refractivity contribution in [3.05, 3.63) is 34.6 Å². The molecule has 6 heteroatoms. The Morgan fingerprint density at radius 1 is 1.28 bits per heavy atom. The number of alkyl halides is 3. The highest BCUT2D eigenvalue weighted by Gasteiger charge is 2.28. The zero-order valence-corrected chi connectivity index (χ0v) is 10.1. The van der Waals surface area contributed by atoms with Gasteiger partial charge in [-0.1, -0.05) is 6.07 Å². The van der Waals surface area contributed by atoms with Crippen LogP contribution in [0.1, 0.15) is 22.7 Å². The van der Waals surface area contributed by atoms with Crippen molar-refractivity contribution in [2.45, 2.75) is 26.1 Å². The third kappa shape index (κ3) is 4.27. The molecule has 0 bridgehead atoms. The molecule has 0 aliphatic heterocycles. The summed E-state index contributed by atoms with van der Waals surface area (Å²) in [7, 11) is 0. The van der Waals surface area contributed by atoms with Gasteiger partial charge in [0.2, 0.25) is 0 Å². The predicted octanol–water partition coefficient (Wildman–Crippen LogP) is 3.02. The van der Waals surface area contributed by atoms with Crippen LogP contribution in [0.5, 0.6) is 0 Å². The molecule has 1 atom stereocenters. The lowest BCUT2D eigenvalue weighted by Gasteiger charge is -2.17.